The summed E-state index contributed by atoms with van der Waals surface area (Å²) in [7, 11) is 0. The SMILES string of the molecule is NC[C@@H]1CCN(c2cccc(Br)c2)C1. The lowest BCUT2D eigenvalue weighted by Crippen LogP contribution is -2.22. The minimum atomic E-state index is 0.675. The minimum Gasteiger partial charge on any atom is -0.371 e. The molecule has 0 amide bonds. The van der Waals surface area contributed by atoms with Crippen LogP contribution in [-0.4, -0.2) is 19.6 Å². The van der Waals surface area contributed by atoms with Gasteiger partial charge in [0.15, 0.2) is 0 Å². The number of nitrogens with two attached hydrogens (primary N) is 1. The molecular weight excluding hydrogens is 240 g/mol. The van der Waals surface area contributed by atoms with Crippen LogP contribution in [0.5, 0.6) is 0 Å². The number of anilines is 1. The zero-order valence-electron chi connectivity index (χ0n) is 8.12. The smallest absolute Gasteiger partial charge is 0.0377 e. The molecule has 3 heteroatoms. The van der Waals surface area contributed by atoms with Crippen LogP contribution in [0.15, 0.2) is 28.7 Å². The molecule has 76 valence electrons. The maximum Gasteiger partial charge on any atom is 0.0377 e. The fraction of sp³-hybridized carbons (Fsp3) is 0.455. The molecule has 0 aliphatic carbocycles. The summed E-state index contributed by atoms with van der Waals surface area (Å²) >= 11 is 3.49. The Hall–Kier alpha value is -0.540. The van der Waals surface area contributed by atoms with Crippen LogP contribution >= 0.6 is 15.9 Å². The Bertz CT molecular complexity index is 314. The molecule has 1 heterocycles. The molecule has 1 fully saturated rings. The monoisotopic (exact) mass is 254 g/mol. The number of benzene rings is 1. The molecule has 0 spiro atoms. The van der Waals surface area contributed by atoms with E-state index >= 15 is 0 Å². The Morgan fingerprint density at radius 1 is 1.50 bits per heavy atom. The van der Waals surface area contributed by atoms with Gasteiger partial charge in [0.05, 0.1) is 0 Å². The van der Waals surface area contributed by atoms with Crippen molar-refractivity contribution in [2.45, 2.75) is 6.42 Å². The van der Waals surface area contributed by atoms with Crippen LogP contribution in [0.1, 0.15) is 6.42 Å². The zero-order valence-corrected chi connectivity index (χ0v) is 9.70. The highest BCUT2D eigenvalue weighted by atomic mass is 79.9. The lowest BCUT2D eigenvalue weighted by atomic mass is 10.1. The topological polar surface area (TPSA) is 29.3 Å². The molecule has 0 unspecified atom stereocenters. The molecule has 1 aliphatic rings. The maximum absolute atomic E-state index is 5.67. The molecule has 1 atom stereocenters. The summed E-state index contributed by atoms with van der Waals surface area (Å²) in [6.07, 6.45) is 1.23. The highest BCUT2D eigenvalue weighted by Crippen LogP contribution is 2.25. The molecule has 1 aromatic rings. The number of nitrogens with zero attached hydrogens (tertiary/aromatic N) is 1. The van der Waals surface area contributed by atoms with Gasteiger partial charge in [-0.1, -0.05) is 22.0 Å². The largest absolute Gasteiger partial charge is 0.371 e. The van der Waals surface area contributed by atoms with E-state index < -0.39 is 0 Å². The van der Waals surface area contributed by atoms with Crippen molar-refractivity contribution < 1.29 is 0 Å². The maximum atomic E-state index is 5.67. The third-order valence-corrected chi connectivity index (χ3v) is 3.29. The zero-order chi connectivity index (χ0) is 9.97. The van der Waals surface area contributed by atoms with Gasteiger partial charge in [-0.15, -0.1) is 0 Å². The van der Waals surface area contributed by atoms with E-state index in [2.05, 4.69) is 45.1 Å². The van der Waals surface area contributed by atoms with E-state index in [4.69, 9.17) is 5.73 Å². The van der Waals surface area contributed by atoms with Gasteiger partial charge in [0.25, 0.3) is 0 Å². The molecule has 0 saturated carbocycles. The normalized spacial score (nSPS) is 21.6. The van der Waals surface area contributed by atoms with Crippen LogP contribution in [0.25, 0.3) is 0 Å². The summed E-state index contributed by atoms with van der Waals surface area (Å²) in [5.74, 6) is 0.675. The molecule has 1 saturated heterocycles. The summed E-state index contributed by atoms with van der Waals surface area (Å²) in [5.41, 5.74) is 6.97. The highest BCUT2D eigenvalue weighted by molar-refractivity contribution is 9.10. The average molecular weight is 255 g/mol. The van der Waals surface area contributed by atoms with Gasteiger partial charge in [-0.05, 0) is 37.1 Å². The number of rotatable bonds is 2. The Labute approximate surface area is 93.2 Å². The summed E-state index contributed by atoms with van der Waals surface area (Å²) < 4.78 is 1.14. The summed E-state index contributed by atoms with van der Waals surface area (Å²) in [6.45, 7) is 3.05. The Kier molecular flexibility index (Phi) is 3.08. The summed E-state index contributed by atoms with van der Waals surface area (Å²) in [4.78, 5) is 2.41. The van der Waals surface area contributed by atoms with Crippen LogP contribution in [0.2, 0.25) is 0 Å². The van der Waals surface area contributed by atoms with Crippen LogP contribution in [0.4, 0.5) is 5.69 Å². The molecule has 14 heavy (non-hydrogen) atoms. The average Bonchev–Trinajstić information content (AvgIpc) is 2.66. The third-order valence-electron chi connectivity index (χ3n) is 2.79. The minimum absolute atomic E-state index is 0.675. The Morgan fingerprint density at radius 3 is 3.00 bits per heavy atom. The summed E-state index contributed by atoms with van der Waals surface area (Å²) in [6, 6.07) is 8.46. The third kappa shape index (κ3) is 2.10. The lowest BCUT2D eigenvalue weighted by molar-refractivity contribution is 0.602. The van der Waals surface area contributed by atoms with Gasteiger partial charge in [-0.2, -0.15) is 0 Å². The van der Waals surface area contributed by atoms with Gasteiger partial charge < -0.3 is 10.6 Å². The van der Waals surface area contributed by atoms with Crippen molar-refractivity contribution in [1.82, 2.24) is 0 Å². The molecule has 2 nitrogen and oxygen atoms in total. The molecule has 1 aliphatic heterocycles. The first-order chi connectivity index (χ1) is 6.79. The van der Waals surface area contributed by atoms with Crippen LogP contribution in [0.3, 0.4) is 0 Å². The van der Waals surface area contributed by atoms with E-state index in [1.807, 2.05) is 0 Å². The van der Waals surface area contributed by atoms with Crippen molar-refractivity contribution in [2.24, 2.45) is 11.7 Å². The molecule has 0 aromatic heterocycles. The quantitative estimate of drug-likeness (QED) is 0.878. The van der Waals surface area contributed by atoms with E-state index in [1.165, 1.54) is 12.1 Å². The van der Waals surface area contributed by atoms with Gasteiger partial charge in [-0.3, -0.25) is 0 Å². The highest BCUT2D eigenvalue weighted by Gasteiger charge is 2.21. The van der Waals surface area contributed by atoms with Crippen molar-refractivity contribution >= 4 is 21.6 Å². The first-order valence-corrected chi connectivity index (χ1v) is 5.79. The van der Waals surface area contributed by atoms with E-state index in [1.54, 1.807) is 0 Å². The van der Waals surface area contributed by atoms with Crippen molar-refractivity contribution in [2.75, 3.05) is 24.5 Å². The molecule has 0 radical (unpaired) electrons. The fourth-order valence-electron chi connectivity index (χ4n) is 1.93. The Balaban J connectivity index is 2.09. The van der Waals surface area contributed by atoms with Gasteiger partial charge >= 0.3 is 0 Å². The van der Waals surface area contributed by atoms with E-state index in [0.717, 1.165) is 24.1 Å². The lowest BCUT2D eigenvalue weighted by Gasteiger charge is -2.18. The summed E-state index contributed by atoms with van der Waals surface area (Å²) in [5, 5.41) is 0. The second-order valence-corrected chi connectivity index (χ2v) is 4.73. The van der Waals surface area contributed by atoms with Crippen molar-refractivity contribution in [3.05, 3.63) is 28.7 Å². The fourth-order valence-corrected chi connectivity index (χ4v) is 2.32. The van der Waals surface area contributed by atoms with Gasteiger partial charge in [-0.25, -0.2) is 0 Å². The standard InChI is InChI=1S/C11H15BrN2/c12-10-2-1-3-11(6-10)14-5-4-9(7-13)8-14/h1-3,6,9H,4-5,7-8,13H2/t9-/m0/s1. The second kappa shape index (κ2) is 4.32. The predicted octanol–water partition coefficient (Wildman–Crippen LogP) is 2.23. The predicted molar refractivity (Wildman–Crippen MR) is 63.5 cm³/mol. The first kappa shape index (κ1) is 9.99. The molecule has 2 rings (SSSR count). The van der Waals surface area contributed by atoms with E-state index in [0.29, 0.717) is 5.92 Å². The van der Waals surface area contributed by atoms with E-state index in [-0.39, 0.29) is 0 Å². The molecular formula is C11H15BrN2. The second-order valence-electron chi connectivity index (χ2n) is 3.82. The van der Waals surface area contributed by atoms with Gasteiger partial charge in [0.2, 0.25) is 0 Å². The Morgan fingerprint density at radius 2 is 2.36 bits per heavy atom. The van der Waals surface area contributed by atoms with Crippen LogP contribution in [0, 0.1) is 5.92 Å². The number of hydrogen-bond acceptors (Lipinski definition) is 2. The molecule has 1 aromatic carbocycles. The van der Waals surface area contributed by atoms with Crippen molar-refractivity contribution in [3.63, 3.8) is 0 Å². The first-order valence-electron chi connectivity index (χ1n) is 5.00. The van der Waals surface area contributed by atoms with E-state index in [9.17, 15) is 0 Å². The number of halogens is 1. The van der Waals surface area contributed by atoms with Crippen molar-refractivity contribution in [1.29, 1.82) is 0 Å². The van der Waals surface area contributed by atoms with Crippen molar-refractivity contribution in [3.8, 4) is 0 Å². The van der Waals surface area contributed by atoms with Gasteiger partial charge in [0, 0.05) is 23.2 Å². The molecule has 2 N–H and O–H groups in total. The molecule has 0 bridgehead atoms. The number of hydrogen-bond donors (Lipinski definition) is 1. The van der Waals surface area contributed by atoms with Crippen LogP contribution < -0.4 is 10.6 Å². The van der Waals surface area contributed by atoms with Gasteiger partial charge in [0.1, 0.15) is 0 Å². The van der Waals surface area contributed by atoms with Crippen LogP contribution in [-0.2, 0) is 0 Å².